The smallest absolute Gasteiger partial charge is 0.273 e. The zero-order valence-corrected chi connectivity index (χ0v) is 12.3. The van der Waals surface area contributed by atoms with E-state index < -0.39 is 11.7 Å². The first-order chi connectivity index (χ1) is 10.6. The highest BCUT2D eigenvalue weighted by atomic mass is 35.5. The molecule has 0 aliphatic carbocycles. The molecule has 0 bridgehead atoms. The molecule has 0 amide bonds. The molecule has 3 aromatic rings. The van der Waals surface area contributed by atoms with Crippen molar-refractivity contribution in [1.82, 2.24) is 9.78 Å². The van der Waals surface area contributed by atoms with Crippen molar-refractivity contribution in [1.29, 1.82) is 0 Å². The lowest BCUT2D eigenvalue weighted by molar-refractivity contribution is 0.186. The number of benzene rings is 1. The number of furan rings is 1. The van der Waals surface area contributed by atoms with Crippen molar-refractivity contribution in [2.24, 2.45) is 0 Å². The van der Waals surface area contributed by atoms with Gasteiger partial charge in [0.25, 0.3) is 5.56 Å². The minimum Gasteiger partial charge on any atom is -0.466 e. The molecule has 2 heterocycles. The number of hydrogen-bond donors (Lipinski definition) is 1. The van der Waals surface area contributed by atoms with Crippen LogP contribution in [0.3, 0.4) is 0 Å². The van der Waals surface area contributed by atoms with Crippen molar-refractivity contribution in [3.63, 3.8) is 0 Å². The normalized spacial score (nSPS) is 12.3. The van der Waals surface area contributed by atoms with Gasteiger partial charge in [0.1, 0.15) is 17.0 Å². The van der Waals surface area contributed by atoms with Gasteiger partial charge >= 0.3 is 0 Å². The summed E-state index contributed by atoms with van der Waals surface area (Å²) in [4.78, 5) is 12.5. The summed E-state index contributed by atoms with van der Waals surface area (Å²) in [6.07, 6.45) is 0.258. The quantitative estimate of drug-likeness (QED) is 0.803. The Morgan fingerprint density at radius 2 is 2.00 bits per heavy atom. The van der Waals surface area contributed by atoms with Crippen LogP contribution in [0.2, 0.25) is 5.15 Å². The fourth-order valence-corrected chi connectivity index (χ4v) is 2.40. The molecule has 112 valence electrons. The van der Waals surface area contributed by atoms with Gasteiger partial charge in [-0.2, -0.15) is 5.10 Å². The van der Waals surface area contributed by atoms with E-state index in [1.807, 2.05) is 30.3 Å². The van der Waals surface area contributed by atoms with Gasteiger partial charge in [-0.3, -0.25) is 4.79 Å². The lowest BCUT2D eigenvalue weighted by atomic mass is 10.1. The van der Waals surface area contributed by atoms with Crippen molar-refractivity contribution < 1.29 is 9.52 Å². The molecule has 5 nitrogen and oxygen atoms in total. The lowest BCUT2D eigenvalue weighted by Crippen LogP contribution is -2.28. The molecule has 2 aromatic heterocycles. The molecular weight excluding hydrogens is 304 g/mol. The molecule has 0 saturated carbocycles. The predicted molar refractivity (Wildman–Crippen MR) is 81.8 cm³/mol. The van der Waals surface area contributed by atoms with Crippen molar-refractivity contribution >= 4 is 11.6 Å². The maximum absolute atomic E-state index is 12.5. The van der Waals surface area contributed by atoms with E-state index in [-0.39, 0.29) is 23.0 Å². The van der Waals surface area contributed by atoms with E-state index in [1.54, 1.807) is 12.1 Å². The molecule has 6 heteroatoms. The Labute approximate surface area is 131 Å². The molecular formula is C16H13ClN2O3. The maximum atomic E-state index is 12.5. The number of aromatic nitrogens is 2. The second kappa shape index (κ2) is 6.17. The molecule has 1 atom stereocenters. The highest BCUT2D eigenvalue weighted by Gasteiger charge is 2.19. The zero-order valence-electron chi connectivity index (χ0n) is 11.5. The van der Waals surface area contributed by atoms with Gasteiger partial charge in [0, 0.05) is 0 Å². The highest BCUT2D eigenvalue weighted by molar-refractivity contribution is 6.29. The molecule has 0 spiro atoms. The van der Waals surface area contributed by atoms with Crippen molar-refractivity contribution in [2.75, 3.05) is 0 Å². The number of rotatable bonds is 4. The first-order valence-electron chi connectivity index (χ1n) is 6.68. The standard InChI is InChI=1S/C16H13ClN2O3/c17-14-9-12(15(20)13-7-4-8-22-13)16(21)19(18-14)10-11-5-2-1-3-6-11/h1-9,15,20H,10H2. The van der Waals surface area contributed by atoms with Gasteiger partial charge in [-0.15, -0.1) is 0 Å². The van der Waals surface area contributed by atoms with E-state index >= 15 is 0 Å². The van der Waals surface area contributed by atoms with E-state index in [0.29, 0.717) is 0 Å². The number of halogens is 1. The Bertz CT molecular complexity index is 813. The monoisotopic (exact) mass is 316 g/mol. The van der Waals surface area contributed by atoms with Crippen LogP contribution in [-0.4, -0.2) is 14.9 Å². The summed E-state index contributed by atoms with van der Waals surface area (Å²) < 4.78 is 6.38. The summed E-state index contributed by atoms with van der Waals surface area (Å²) in [5, 5.41) is 14.4. The van der Waals surface area contributed by atoms with Crippen LogP contribution in [0.5, 0.6) is 0 Å². The van der Waals surface area contributed by atoms with Crippen molar-refractivity contribution in [3.8, 4) is 0 Å². The molecule has 0 radical (unpaired) electrons. The summed E-state index contributed by atoms with van der Waals surface area (Å²) in [5.74, 6) is 0.283. The van der Waals surface area contributed by atoms with Crippen LogP contribution in [0.1, 0.15) is 23.0 Å². The van der Waals surface area contributed by atoms with Crippen LogP contribution in [0.25, 0.3) is 0 Å². The van der Waals surface area contributed by atoms with Crippen LogP contribution in [0.15, 0.2) is 64.0 Å². The SMILES string of the molecule is O=c1c(C(O)c2ccco2)cc(Cl)nn1Cc1ccccc1. The molecule has 0 saturated heterocycles. The zero-order chi connectivity index (χ0) is 15.5. The van der Waals surface area contributed by atoms with Crippen molar-refractivity contribution in [3.05, 3.63) is 87.2 Å². The Balaban J connectivity index is 2.01. The first-order valence-corrected chi connectivity index (χ1v) is 7.06. The van der Waals surface area contributed by atoms with Crippen LogP contribution < -0.4 is 5.56 Å². The fraction of sp³-hybridized carbons (Fsp3) is 0.125. The summed E-state index contributed by atoms with van der Waals surface area (Å²) >= 11 is 5.98. The van der Waals surface area contributed by atoms with E-state index in [2.05, 4.69) is 5.10 Å². The highest BCUT2D eigenvalue weighted by Crippen LogP contribution is 2.21. The average molecular weight is 317 g/mol. The van der Waals surface area contributed by atoms with Crippen LogP contribution in [-0.2, 0) is 6.54 Å². The lowest BCUT2D eigenvalue weighted by Gasteiger charge is -2.11. The first kappa shape index (κ1) is 14.6. The van der Waals surface area contributed by atoms with Gasteiger partial charge < -0.3 is 9.52 Å². The minimum absolute atomic E-state index is 0.130. The van der Waals surface area contributed by atoms with Crippen LogP contribution >= 0.6 is 11.6 Å². The third kappa shape index (κ3) is 2.95. The number of hydrogen-bond acceptors (Lipinski definition) is 4. The summed E-state index contributed by atoms with van der Waals surface area (Å²) in [5.41, 5.74) is 0.640. The summed E-state index contributed by atoms with van der Waals surface area (Å²) in [6.45, 7) is 0.276. The second-order valence-electron chi connectivity index (χ2n) is 4.79. The molecule has 0 fully saturated rings. The van der Waals surface area contributed by atoms with E-state index in [9.17, 15) is 9.90 Å². The van der Waals surface area contributed by atoms with Gasteiger partial charge in [-0.25, -0.2) is 4.68 Å². The van der Waals surface area contributed by atoms with Crippen LogP contribution in [0.4, 0.5) is 0 Å². The topological polar surface area (TPSA) is 68.3 Å². The van der Waals surface area contributed by atoms with Crippen LogP contribution in [0, 0.1) is 0 Å². The minimum atomic E-state index is -1.18. The van der Waals surface area contributed by atoms with Gasteiger partial charge in [-0.1, -0.05) is 41.9 Å². The Hall–Kier alpha value is -2.37. The predicted octanol–water partition coefficient (Wildman–Crippen LogP) is 2.62. The molecule has 3 rings (SSSR count). The summed E-state index contributed by atoms with van der Waals surface area (Å²) in [6, 6.07) is 14.0. The molecule has 1 N–H and O–H groups in total. The summed E-state index contributed by atoms with van der Waals surface area (Å²) in [7, 11) is 0. The molecule has 22 heavy (non-hydrogen) atoms. The Morgan fingerprint density at radius 3 is 2.68 bits per heavy atom. The van der Waals surface area contributed by atoms with Gasteiger partial charge in [-0.05, 0) is 23.8 Å². The second-order valence-corrected chi connectivity index (χ2v) is 5.18. The molecule has 0 aliphatic heterocycles. The van der Waals surface area contributed by atoms with E-state index in [1.165, 1.54) is 17.0 Å². The van der Waals surface area contributed by atoms with E-state index in [0.717, 1.165) is 5.56 Å². The maximum Gasteiger partial charge on any atom is 0.273 e. The molecule has 0 aliphatic rings. The number of aliphatic hydroxyl groups excluding tert-OH is 1. The van der Waals surface area contributed by atoms with Gasteiger partial charge in [0.15, 0.2) is 0 Å². The molecule has 1 aromatic carbocycles. The van der Waals surface area contributed by atoms with Gasteiger partial charge in [0.2, 0.25) is 0 Å². The number of aliphatic hydroxyl groups is 1. The average Bonchev–Trinajstić information content (AvgIpc) is 3.05. The van der Waals surface area contributed by atoms with Crippen molar-refractivity contribution in [2.45, 2.75) is 12.6 Å². The molecule has 1 unspecified atom stereocenters. The third-order valence-corrected chi connectivity index (χ3v) is 3.44. The van der Waals surface area contributed by atoms with E-state index in [4.69, 9.17) is 16.0 Å². The Kier molecular flexibility index (Phi) is 4.09. The Morgan fingerprint density at radius 1 is 1.23 bits per heavy atom. The fourth-order valence-electron chi connectivity index (χ4n) is 2.19. The third-order valence-electron chi connectivity index (χ3n) is 3.25. The van der Waals surface area contributed by atoms with Gasteiger partial charge in [0.05, 0.1) is 18.4 Å². The number of nitrogens with zero attached hydrogens (tertiary/aromatic N) is 2. The largest absolute Gasteiger partial charge is 0.466 e.